The molecule has 0 aromatic heterocycles. The third-order valence-corrected chi connectivity index (χ3v) is 2.56. The van der Waals surface area contributed by atoms with Crippen LogP contribution in [0.2, 0.25) is 0 Å². The number of hydrogen-bond acceptors (Lipinski definition) is 2. The number of nitrogens with two attached hydrogens (primary N) is 1. The van der Waals surface area contributed by atoms with E-state index in [0.29, 0.717) is 11.3 Å². The maximum absolute atomic E-state index is 8.70. The summed E-state index contributed by atoms with van der Waals surface area (Å²) in [6, 6.07) is 15.0. The Morgan fingerprint density at radius 1 is 0.944 bits per heavy atom. The van der Waals surface area contributed by atoms with Gasteiger partial charge in [0.25, 0.3) is 0 Å². The van der Waals surface area contributed by atoms with Gasteiger partial charge in [-0.1, -0.05) is 17.9 Å². The molecule has 2 aromatic rings. The first-order valence-electron chi connectivity index (χ1n) is 5.57. The quantitative estimate of drug-likeness (QED) is 0.561. The second-order valence-corrected chi connectivity index (χ2v) is 4.03. The van der Waals surface area contributed by atoms with E-state index in [9.17, 15) is 0 Å². The zero-order valence-corrected chi connectivity index (χ0v) is 10.1. The molecule has 18 heavy (non-hydrogen) atoms. The molecule has 0 unspecified atom stereocenters. The molecule has 0 spiro atoms. The molecule has 0 aliphatic carbocycles. The number of rotatable bonds is 0. The van der Waals surface area contributed by atoms with Gasteiger partial charge in [-0.2, -0.15) is 5.26 Å². The van der Waals surface area contributed by atoms with Gasteiger partial charge in [-0.25, -0.2) is 0 Å². The lowest BCUT2D eigenvalue weighted by atomic mass is 10.1. The molecule has 0 radical (unpaired) electrons. The van der Waals surface area contributed by atoms with Crippen LogP contribution in [0.25, 0.3) is 0 Å². The van der Waals surface area contributed by atoms with Crippen molar-refractivity contribution in [1.29, 1.82) is 5.26 Å². The molecule has 0 heterocycles. The number of aryl methyl sites for hydroxylation is 1. The van der Waals surface area contributed by atoms with Gasteiger partial charge < -0.3 is 5.73 Å². The number of nitrogen functional groups attached to an aromatic ring is 1. The first-order chi connectivity index (χ1) is 8.69. The van der Waals surface area contributed by atoms with E-state index in [0.717, 1.165) is 16.7 Å². The predicted octanol–water partition coefficient (Wildman–Crippen LogP) is 2.85. The first-order valence-corrected chi connectivity index (χ1v) is 5.57. The van der Waals surface area contributed by atoms with Gasteiger partial charge in [0.2, 0.25) is 0 Å². The van der Waals surface area contributed by atoms with E-state index >= 15 is 0 Å². The van der Waals surface area contributed by atoms with Crippen LogP contribution in [0.5, 0.6) is 0 Å². The highest BCUT2D eigenvalue weighted by Gasteiger charge is 1.95. The molecule has 2 heteroatoms. The van der Waals surface area contributed by atoms with Crippen LogP contribution in [-0.2, 0) is 0 Å². The summed E-state index contributed by atoms with van der Waals surface area (Å²) in [6.07, 6.45) is 0. The topological polar surface area (TPSA) is 49.8 Å². The molecular weight excluding hydrogens is 220 g/mol. The van der Waals surface area contributed by atoms with Gasteiger partial charge >= 0.3 is 0 Å². The highest BCUT2D eigenvalue weighted by atomic mass is 14.5. The van der Waals surface area contributed by atoms with E-state index in [4.69, 9.17) is 11.0 Å². The second-order valence-electron chi connectivity index (χ2n) is 4.03. The number of benzene rings is 2. The van der Waals surface area contributed by atoms with Gasteiger partial charge in [0.15, 0.2) is 0 Å². The fourth-order valence-corrected chi connectivity index (χ4v) is 1.56. The highest BCUT2D eigenvalue weighted by molar-refractivity contribution is 5.58. The Kier molecular flexibility index (Phi) is 3.32. The van der Waals surface area contributed by atoms with Crippen molar-refractivity contribution in [3.05, 3.63) is 64.7 Å². The van der Waals surface area contributed by atoms with Crippen LogP contribution < -0.4 is 5.73 Å². The maximum atomic E-state index is 8.70. The van der Waals surface area contributed by atoms with Gasteiger partial charge in [-0.3, -0.25) is 0 Å². The van der Waals surface area contributed by atoms with Crippen molar-refractivity contribution in [3.63, 3.8) is 0 Å². The van der Waals surface area contributed by atoms with Crippen molar-refractivity contribution in [2.24, 2.45) is 0 Å². The van der Waals surface area contributed by atoms with Crippen molar-refractivity contribution in [1.82, 2.24) is 0 Å². The van der Waals surface area contributed by atoms with Gasteiger partial charge in [-0.15, -0.1) is 0 Å². The normalized spacial score (nSPS) is 9.11. The smallest absolute Gasteiger partial charge is 0.0991 e. The van der Waals surface area contributed by atoms with Crippen molar-refractivity contribution in [3.8, 4) is 17.9 Å². The van der Waals surface area contributed by atoms with Crippen LogP contribution in [0, 0.1) is 30.1 Å². The third kappa shape index (κ3) is 2.70. The summed E-state index contributed by atoms with van der Waals surface area (Å²) in [5.41, 5.74) is 10.0. The molecule has 0 saturated carbocycles. The van der Waals surface area contributed by atoms with Crippen molar-refractivity contribution in [2.75, 3.05) is 5.73 Å². The van der Waals surface area contributed by atoms with E-state index in [1.54, 1.807) is 12.1 Å². The number of anilines is 1. The summed E-state index contributed by atoms with van der Waals surface area (Å²) in [5.74, 6) is 6.07. The Balaban J connectivity index is 2.28. The minimum Gasteiger partial charge on any atom is -0.398 e. The van der Waals surface area contributed by atoms with Crippen molar-refractivity contribution < 1.29 is 0 Å². The van der Waals surface area contributed by atoms with E-state index < -0.39 is 0 Å². The molecular formula is C16H12N2. The largest absolute Gasteiger partial charge is 0.398 e. The molecule has 0 aliphatic rings. The number of hydrogen-bond donors (Lipinski definition) is 1. The van der Waals surface area contributed by atoms with Crippen molar-refractivity contribution >= 4 is 5.69 Å². The van der Waals surface area contributed by atoms with Gasteiger partial charge in [-0.05, 0) is 48.9 Å². The Hall–Kier alpha value is -2.71. The minimum atomic E-state index is 0.635. The highest BCUT2D eigenvalue weighted by Crippen LogP contribution is 2.12. The van der Waals surface area contributed by atoms with Crippen molar-refractivity contribution in [2.45, 2.75) is 6.92 Å². The second kappa shape index (κ2) is 5.08. The van der Waals surface area contributed by atoms with Gasteiger partial charge in [0, 0.05) is 16.8 Å². The number of nitrogens with zero attached hydrogens (tertiary/aromatic N) is 1. The zero-order chi connectivity index (χ0) is 13.0. The Morgan fingerprint density at radius 2 is 1.61 bits per heavy atom. The van der Waals surface area contributed by atoms with Crippen LogP contribution in [0.15, 0.2) is 42.5 Å². The van der Waals surface area contributed by atoms with Gasteiger partial charge in [0.1, 0.15) is 0 Å². The van der Waals surface area contributed by atoms with Gasteiger partial charge in [0.05, 0.1) is 11.6 Å². The standard InChI is InChI=1S/C16H12N2/c1-12-2-8-15(16(18)10-12)9-7-13-3-5-14(11-17)6-4-13/h2-6,8,10H,18H2,1H3. The summed E-state index contributed by atoms with van der Waals surface area (Å²) in [4.78, 5) is 0. The predicted molar refractivity (Wildman–Crippen MR) is 72.7 cm³/mol. The van der Waals surface area contributed by atoms with Crippen LogP contribution in [0.3, 0.4) is 0 Å². The maximum Gasteiger partial charge on any atom is 0.0991 e. The molecule has 0 aliphatic heterocycles. The van der Waals surface area contributed by atoms with E-state index in [-0.39, 0.29) is 0 Å². The molecule has 86 valence electrons. The Bertz CT molecular complexity index is 665. The lowest BCUT2D eigenvalue weighted by Crippen LogP contribution is -1.90. The van der Waals surface area contributed by atoms with E-state index in [1.807, 2.05) is 37.3 Å². The fraction of sp³-hybridized carbons (Fsp3) is 0.0625. The first kappa shape index (κ1) is 11.8. The summed E-state index contributed by atoms with van der Waals surface area (Å²) >= 11 is 0. The monoisotopic (exact) mass is 232 g/mol. The molecule has 0 atom stereocenters. The lowest BCUT2D eigenvalue weighted by molar-refractivity contribution is 1.46. The average molecular weight is 232 g/mol. The average Bonchev–Trinajstić information content (AvgIpc) is 2.38. The minimum absolute atomic E-state index is 0.635. The van der Waals surface area contributed by atoms with E-state index in [2.05, 4.69) is 17.9 Å². The van der Waals surface area contributed by atoms with Crippen LogP contribution in [0.1, 0.15) is 22.3 Å². The summed E-state index contributed by atoms with van der Waals surface area (Å²) in [5, 5.41) is 8.70. The molecule has 2 nitrogen and oxygen atoms in total. The molecule has 2 N–H and O–H groups in total. The molecule has 0 amide bonds. The zero-order valence-electron chi connectivity index (χ0n) is 10.1. The van der Waals surface area contributed by atoms with Crippen LogP contribution >= 0.6 is 0 Å². The SMILES string of the molecule is Cc1ccc(C#Cc2ccc(C#N)cc2)c(N)c1. The Labute approximate surface area is 107 Å². The molecule has 2 rings (SSSR count). The summed E-state index contributed by atoms with van der Waals surface area (Å²) < 4.78 is 0. The van der Waals surface area contributed by atoms with E-state index in [1.165, 1.54) is 0 Å². The summed E-state index contributed by atoms with van der Waals surface area (Å²) in [6.45, 7) is 1.99. The van der Waals surface area contributed by atoms with Crippen LogP contribution in [0.4, 0.5) is 5.69 Å². The fourth-order valence-electron chi connectivity index (χ4n) is 1.56. The Morgan fingerprint density at radius 3 is 2.22 bits per heavy atom. The molecule has 0 fully saturated rings. The summed E-state index contributed by atoms with van der Waals surface area (Å²) in [7, 11) is 0. The number of nitriles is 1. The van der Waals surface area contributed by atoms with Crippen LogP contribution in [-0.4, -0.2) is 0 Å². The third-order valence-electron chi connectivity index (χ3n) is 2.56. The molecule has 0 saturated heterocycles. The lowest BCUT2D eigenvalue weighted by Gasteiger charge is -1.98. The molecule has 0 bridgehead atoms. The molecule has 2 aromatic carbocycles.